The van der Waals surface area contributed by atoms with Crippen molar-refractivity contribution >= 4 is 46.6 Å². The van der Waals surface area contributed by atoms with E-state index in [4.69, 9.17) is 0 Å². The van der Waals surface area contributed by atoms with Crippen molar-refractivity contribution in [3.8, 4) is 0 Å². The van der Waals surface area contributed by atoms with Gasteiger partial charge in [0, 0.05) is 35.2 Å². The summed E-state index contributed by atoms with van der Waals surface area (Å²) in [4.78, 5) is 9.33. The number of rotatable bonds is 8. The van der Waals surface area contributed by atoms with Gasteiger partial charge in [0.25, 0.3) is 0 Å². The zero-order chi connectivity index (χ0) is 24.4. The highest BCUT2D eigenvalue weighted by Gasteiger charge is 2.03. The van der Waals surface area contributed by atoms with Crippen LogP contribution < -0.4 is 10.6 Å². The molecule has 1 aliphatic rings. The van der Waals surface area contributed by atoms with Crippen LogP contribution in [0.15, 0.2) is 142 Å². The van der Waals surface area contributed by atoms with Gasteiger partial charge >= 0.3 is 0 Å². The molecule has 0 unspecified atom stereocenters. The average molecular weight is 469 g/mol. The minimum atomic E-state index is 0.924. The van der Waals surface area contributed by atoms with Crippen molar-refractivity contribution < 1.29 is 0 Å². The molecular formula is C32H28N4. The minimum Gasteiger partial charge on any atom is -0.356 e. The van der Waals surface area contributed by atoms with Crippen LogP contribution in [0.3, 0.4) is 0 Å². The van der Waals surface area contributed by atoms with Gasteiger partial charge in [0.1, 0.15) is 0 Å². The zero-order valence-electron chi connectivity index (χ0n) is 20.0. The van der Waals surface area contributed by atoms with Crippen molar-refractivity contribution in [2.75, 3.05) is 10.6 Å². The molecule has 4 heteroatoms. The first-order valence-electron chi connectivity index (χ1n) is 12.1. The van der Waals surface area contributed by atoms with Gasteiger partial charge in [0.15, 0.2) is 0 Å². The maximum Gasteiger partial charge on any atom is 0.0631 e. The van der Waals surface area contributed by atoms with E-state index in [1.54, 1.807) is 0 Å². The molecule has 0 spiro atoms. The first-order valence-corrected chi connectivity index (χ1v) is 12.1. The molecule has 0 atom stereocenters. The van der Waals surface area contributed by atoms with E-state index in [1.807, 2.05) is 122 Å². The van der Waals surface area contributed by atoms with Crippen LogP contribution in [0.25, 0.3) is 0 Å². The summed E-state index contributed by atoms with van der Waals surface area (Å²) in [5, 5.41) is 6.79. The second-order valence-electron chi connectivity index (χ2n) is 8.55. The lowest BCUT2D eigenvalue weighted by atomic mass is 10.0. The van der Waals surface area contributed by atoms with Crippen LogP contribution in [-0.2, 0) is 0 Å². The van der Waals surface area contributed by atoms with Crippen LogP contribution in [0.4, 0.5) is 34.1 Å². The average Bonchev–Trinajstić information content (AvgIpc) is 2.94. The fraction of sp³-hybridized carbons (Fsp3) is 0.0625. The number of anilines is 4. The number of benzene rings is 4. The summed E-state index contributed by atoms with van der Waals surface area (Å²) in [6.07, 6.45) is 10.2. The number of hydrogen-bond donors (Lipinski definition) is 2. The van der Waals surface area contributed by atoms with E-state index in [-0.39, 0.29) is 0 Å². The van der Waals surface area contributed by atoms with E-state index in [0.717, 1.165) is 52.5 Å². The summed E-state index contributed by atoms with van der Waals surface area (Å²) < 4.78 is 0. The molecule has 0 aliphatic heterocycles. The molecule has 5 rings (SSSR count). The number of aliphatic imine (C=N–C) groups is 2. The van der Waals surface area contributed by atoms with Gasteiger partial charge in [0.2, 0.25) is 0 Å². The SMILES string of the molecule is C(=Nc1ccc(Nc2ccccc2)cc1)C1=CCCC(C=Nc2ccc(Nc3ccccc3)cc2)=C1. The number of nitrogens with one attached hydrogen (secondary N) is 2. The first kappa shape index (κ1) is 23.1. The van der Waals surface area contributed by atoms with Gasteiger partial charge in [-0.05, 0) is 103 Å². The molecule has 0 heterocycles. The summed E-state index contributed by atoms with van der Waals surface area (Å²) in [6, 6.07) is 36.6. The predicted molar refractivity (Wildman–Crippen MR) is 154 cm³/mol. The quantitative estimate of drug-likeness (QED) is 0.254. The molecule has 0 saturated heterocycles. The van der Waals surface area contributed by atoms with Crippen LogP contribution in [0, 0.1) is 0 Å². The van der Waals surface area contributed by atoms with Crippen LogP contribution in [0.2, 0.25) is 0 Å². The van der Waals surface area contributed by atoms with Gasteiger partial charge in [-0.2, -0.15) is 0 Å². The highest BCUT2D eigenvalue weighted by Crippen LogP contribution is 2.23. The Balaban J connectivity index is 1.17. The Morgan fingerprint density at radius 2 is 1.00 bits per heavy atom. The van der Waals surface area contributed by atoms with E-state index in [0.29, 0.717) is 0 Å². The summed E-state index contributed by atoms with van der Waals surface area (Å²) in [7, 11) is 0. The van der Waals surface area contributed by atoms with E-state index < -0.39 is 0 Å². The fourth-order valence-corrected chi connectivity index (χ4v) is 3.89. The van der Waals surface area contributed by atoms with Crippen molar-refractivity contribution in [3.63, 3.8) is 0 Å². The Morgan fingerprint density at radius 3 is 1.53 bits per heavy atom. The Hall–Kier alpha value is -4.70. The lowest BCUT2D eigenvalue weighted by Crippen LogP contribution is -1.95. The predicted octanol–water partition coefficient (Wildman–Crippen LogP) is 8.93. The molecular weight excluding hydrogens is 440 g/mol. The second-order valence-corrected chi connectivity index (χ2v) is 8.55. The van der Waals surface area contributed by atoms with E-state index in [2.05, 4.69) is 32.8 Å². The van der Waals surface area contributed by atoms with Gasteiger partial charge in [-0.3, -0.25) is 9.98 Å². The van der Waals surface area contributed by atoms with Crippen LogP contribution in [0.1, 0.15) is 12.8 Å². The molecule has 4 aromatic rings. The smallest absolute Gasteiger partial charge is 0.0631 e. The molecule has 176 valence electrons. The highest BCUT2D eigenvalue weighted by atomic mass is 14.9. The van der Waals surface area contributed by atoms with Crippen molar-refractivity contribution in [3.05, 3.63) is 132 Å². The molecule has 0 amide bonds. The molecule has 0 bridgehead atoms. The van der Waals surface area contributed by atoms with Crippen molar-refractivity contribution in [2.45, 2.75) is 12.8 Å². The summed E-state index contributed by atoms with van der Waals surface area (Å²) >= 11 is 0. The molecule has 0 radical (unpaired) electrons. The third-order valence-electron chi connectivity index (χ3n) is 5.77. The molecule has 36 heavy (non-hydrogen) atoms. The molecule has 0 fully saturated rings. The Bertz CT molecular complexity index is 1380. The normalized spacial score (nSPS) is 13.4. The van der Waals surface area contributed by atoms with Gasteiger partial charge < -0.3 is 10.6 Å². The molecule has 2 N–H and O–H groups in total. The fourth-order valence-electron chi connectivity index (χ4n) is 3.89. The standard InChI is InChI=1S/C32H28N4/c1-3-10-29(11-4-1)35-31-18-14-27(15-19-31)33-23-25-8-7-9-26(22-25)24-34-28-16-20-32(21-17-28)36-30-12-5-2-6-13-30/h1-6,8,10-24,35-36H,7,9H2. The van der Waals surface area contributed by atoms with E-state index in [9.17, 15) is 0 Å². The minimum absolute atomic E-state index is 0.924. The Kier molecular flexibility index (Phi) is 7.45. The molecule has 0 saturated carbocycles. The van der Waals surface area contributed by atoms with Crippen LogP contribution in [0.5, 0.6) is 0 Å². The van der Waals surface area contributed by atoms with Gasteiger partial charge in [-0.25, -0.2) is 0 Å². The topological polar surface area (TPSA) is 48.8 Å². The van der Waals surface area contributed by atoms with Crippen molar-refractivity contribution in [2.24, 2.45) is 9.98 Å². The van der Waals surface area contributed by atoms with Crippen LogP contribution in [-0.4, -0.2) is 12.4 Å². The van der Waals surface area contributed by atoms with E-state index >= 15 is 0 Å². The monoisotopic (exact) mass is 468 g/mol. The number of allylic oxidation sites excluding steroid dienone is 4. The van der Waals surface area contributed by atoms with Gasteiger partial charge in [-0.1, -0.05) is 42.5 Å². The van der Waals surface area contributed by atoms with E-state index in [1.165, 1.54) is 5.57 Å². The first-order chi connectivity index (χ1) is 17.8. The lowest BCUT2D eigenvalue weighted by Gasteiger charge is -2.08. The maximum atomic E-state index is 4.68. The third-order valence-corrected chi connectivity index (χ3v) is 5.77. The second kappa shape index (κ2) is 11.6. The summed E-state index contributed by atoms with van der Waals surface area (Å²) in [5.41, 5.74) is 8.39. The summed E-state index contributed by atoms with van der Waals surface area (Å²) in [6.45, 7) is 0. The van der Waals surface area contributed by atoms with Crippen molar-refractivity contribution in [1.29, 1.82) is 0 Å². The van der Waals surface area contributed by atoms with Crippen LogP contribution >= 0.6 is 0 Å². The Morgan fingerprint density at radius 1 is 0.528 bits per heavy atom. The number of hydrogen-bond acceptors (Lipinski definition) is 4. The molecule has 4 aromatic carbocycles. The molecule has 0 aromatic heterocycles. The van der Waals surface area contributed by atoms with Gasteiger partial charge in [-0.15, -0.1) is 0 Å². The zero-order valence-corrected chi connectivity index (χ0v) is 20.0. The molecule has 4 nitrogen and oxygen atoms in total. The number of para-hydroxylation sites is 2. The lowest BCUT2D eigenvalue weighted by molar-refractivity contribution is 1.00. The Labute approximate surface area is 212 Å². The molecule has 1 aliphatic carbocycles. The summed E-state index contributed by atoms with van der Waals surface area (Å²) in [5.74, 6) is 0. The highest BCUT2D eigenvalue weighted by molar-refractivity contribution is 5.90. The van der Waals surface area contributed by atoms with Gasteiger partial charge in [0.05, 0.1) is 11.4 Å². The maximum absolute atomic E-state index is 4.68. The van der Waals surface area contributed by atoms with Crippen molar-refractivity contribution in [1.82, 2.24) is 0 Å². The largest absolute Gasteiger partial charge is 0.356 e. The number of nitrogens with zero attached hydrogens (tertiary/aromatic N) is 2. The third kappa shape index (κ3) is 6.67.